The fraction of sp³-hybridized carbons (Fsp3) is 0.100. The summed E-state index contributed by atoms with van der Waals surface area (Å²) in [5.41, 5.74) is 0.409. The molecule has 1 aromatic rings. The second-order valence-electron chi connectivity index (χ2n) is 2.95. The van der Waals surface area contributed by atoms with E-state index in [0.717, 1.165) is 12.1 Å². The number of alkyl halides is 3. The number of aliphatic carboxylic acids is 1. The van der Waals surface area contributed by atoms with Crippen LogP contribution in [0.3, 0.4) is 0 Å². The Hall–Kier alpha value is -1.63. The first kappa shape index (κ1) is 13.4. The summed E-state index contributed by atoms with van der Waals surface area (Å²) in [7, 11) is 0. The number of rotatable bonds is 3. The van der Waals surface area contributed by atoms with Crippen LogP contribution in [0.1, 0.15) is 5.56 Å². The monoisotopic (exact) mass is 264 g/mol. The minimum Gasteiger partial charge on any atom is -0.478 e. The van der Waals surface area contributed by atoms with Gasteiger partial charge in [0.1, 0.15) is 5.75 Å². The predicted octanol–water partition coefficient (Wildman–Crippen LogP) is 2.97. The number of hydrogen-bond donors (Lipinski definition) is 2. The van der Waals surface area contributed by atoms with Gasteiger partial charge in [-0.3, -0.25) is 0 Å². The van der Waals surface area contributed by atoms with E-state index in [9.17, 15) is 18.0 Å². The van der Waals surface area contributed by atoms with Crippen LogP contribution in [0.4, 0.5) is 13.2 Å². The van der Waals surface area contributed by atoms with Gasteiger partial charge in [-0.2, -0.15) is 0 Å². The smallest absolute Gasteiger partial charge is 0.478 e. The van der Waals surface area contributed by atoms with Crippen LogP contribution in [0.2, 0.25) is 0 Å². The number of halogens is 3. The largest absolute Gasteiger partial charge is 0.573 e. The highest BCUT2D eigenvalue weighted by molar-refractivity contribution is 7.80. The maximum atomic E-state index is 11.9. The summed E-state index contributed by atoms with van der Waals surface area (Å²) in [4.78, 5) is 10.2. The maximum Gasteiger partial charge on any atom is 0.573 e. The van der Waals surface area contributed by atoms with Crippen molar-refractivity contribution in [1.29, 1.82) is 0 Å². The van der Waals surface area contributed by atoms with E-state index in [0.29, 0.717) is 5.56 Å². The van der Waals surface area contributed by atoms with Crippen LogP contribution in [0.5, 0.6) is 5.75 Å². The zero-order valence-electron chi connectivity index (χ0n) is 8.23. The molecule has 1 rings (SSSR count). The molecule has 0 radical (unpaired) electrons. The molecular formula is C10H7F3O3S. The molecule has 3 nitrogen and oxygen atoms in total. The van der Waals surface area contributed by atoms with E-state index in [2.05, 4.69) is 17.4 Å². The molecule has 0 atom stereocenters. The molecule has 1 aromatic carbocycles. The van der Waals surface area contributed by atoms with Crippen LogP contribution < -0.4 is 4.74 Å². The lowest BCUT2D eigenvalue weighted by molar-refractivity contribution is -0.275. The van der Waals surface area contributed by atoms with E-state index in [1.54, 1.807) is 0 Å². The second kappa shape index (κ2) is 5.13. The highest BCUT2D eigenvalue weighted by Gasteiger charge is 2.31. The maximum absolute atomic E-state index is 11.9. The summed E-state index contributed by atoms with van der Waals surface area (Å²) in [5, 5.41) is 8.37. The molecule has 0 amide bonds. The Morgan fingerprint density at radius 3 is 2.53 bits per heavy atom. The highest BCUT2D eigenvalue weighted by Crippen LogP contribution is 2.29. The van der Waals surface area contributed by atoms with Crippen molar-refractivity contribution in [3.05, 3.63) is 29.8 Å². The zero-order valence-corrected chi connectivity index (χ0v) is 9.13. The molecule has 0 aliphatic rings. The minimum atomic E-state index is -4.78. The van der Waals surface area contributed by atoms with E-state index in [1.165, 1.54) is 18.2 Å². The highest BCUT2D eigenvalue weighted by atomic mass is 32.1. The number of thiol groups is 1. The van der Waals surface area contributed by atoms with E-state index >= 15 is 0 Å². The minimum absolute atomic E-state index is 0.0325. The van der Waals surface area contributed by atoms with Crippen LogP contribution in [0.25, 0.3) is 6.08 Å². The van der Waals surface area contributed by atoms with E-state index in [4.69, 9.17) is 5.11 Å². The van der Waals surface area contributed by atoms with Gasteiger partial charge in [-0.25, -0.2) is 4.79 Å². The summed E-state index contributed by atoms with van der Waals surface area (Å²) in [5.74, 6) is -1.59. The molecule has 0 fully saturated rings. The van der Waals surface area contributed by atoms with Crippen molar-refractivity contribution < 1.29 is 27.8 Å². The summed E-state index contributed by atoms with van der Waals surface area (Å²) in [6.45, 7) is 0. The van der Waals surface area contributed by atoms with Crippen molar-refractivity contribution in [2.24, 2.45) is 0 Å². The number of hydrogen-bond acceptors (Lipinski definition) is 3. The number of ether oxygens (including phenoxy) is 1. The van der Waals surface area contributed by atoms with Gasteiger partial charge in [0.15, 0.2) is 0 Å². The standard InChI is InChI=1S/C10H7F3O3S/c11-10(12,13)16-7-3-1-6(5-8(7)17)2-4-9(14)15/h1-5,17H,(H,14,15)/b4-2+. The quantitative estimate of drug-likeness (QED) is 0.651. The SMILES string of the molecule is O=C(O)/C=C/c1ccc(OC(F)(F)F)c(S)c1. The lowest BCUT2D eigenvalue weighted by Crippen LogP contribution is -2.17. The molecular weight excluding hydrogens is 257 g/mol. The molecule has 0 unspecified atom stereocenters. The summed E-state index contributed by atoms with van der Waals surface area (Å²) < 4.78 is 39.5. The van der Waals surface area contributed by atoms with Crippen molar-refractivity contribution in [2.75, 3.05) is 0 Å². The Morgan fingerprint density at radius 2 is 2.06 bits per heavy atom. The van der Waals surface area contributed by atoms with Gasteiger partial charge >= 0.3 is 12.3 Å². The first-order valence-corrected chi connectivity index (χ1v) is 4.72. The first-order chi connectivity index (χ1) is 7.78. The topological polar surface area (TPSA) is 46.5 Å². The average molecular weight is 264 g/mol. The molecule has 0 aliphatic carbocycles. The van der Waals surface area contributed by atoms with Gasteiger partial charge in [0, 0.05) is 11.0 Å². The number of carbonyl (C=O) groups is 1. The van der Waals surface area contributed by atoms with Crippen LogP contribution in [-0.2, 0) is 4.79 Å². The third-order valence-electron chi connectivity index (χ3n) is 1.63. The number of carboxylic acid groups (broad SMARTS) is 1. The lowest BCUT2D eigenvalue weighted by atomic mass is 10.2. The number of benzene rings is 1. The third-order valence-corrected chi connectivity index (χ3v) is 1.98. The fourth-order valence-electron chi connectivity index (χ4n) is 1.02. The molecule has 0 aromatic heterocycles. The second-order valence-corrected chi connectivity index (χ2v) is 3.43. The summed E-state index contributed by atoms with van der Waals surface area (Å²) in [6.07, 6.45) is -2.68. The molecule has 1 N–H and O–H groups in total. The Labute approximate surface area is 99.9 Å². The van der Waals surface area contributed by atoms with Gasteiger partial charge in [-0.1, -0.05) is 6.07 Å². The Balaban J connectivity index is 2.90. The molecule has 0 spiro atoms. The molecule has 0 bridgehead atoms. The van der Waals surface area contributed by atoms with Crippen LogP contribution in [0.15, 0.2) is 29.2 Å². The van der Waals surface area contributed by atoms with Crippen LogP contribution in [-0.4, -0.2) is 17.4 Å². The molecule has 0 saturated carbocycles. The van der Waals surface area contributed by atoms with Crippen molar-refractivity contribution >= 4 is 24.7 Å². The van der Waals surface area contributed by atoms with E-state index in [-0.39, 0.29) is 4.90 Å². The summed E-state index contributed by atoms with van der Waals surface area (Å²) >= 11 is 3.82. The van der Waals surface area contributed by atoms with Crippen LogP contribution >= 0.6 is 12.6 Å². The fourth-order valence-corrected chi connectivity index (χ4v) is 1.29. The Kier molecular flexibility index (Phi) is 4.06. The van der Waals surface area contributed by atoms with E-state index in [1.807, 2.05) is 0 Å². The predicted molar refractivity (Wildman–Crippen MR) is 57.0 cm³/mol. The van der Waals surface area contributed by atoms with Gasteiger partial charge in [0.05, 0.1) is 0 Å². The zero-order chi connectivity index (χ0) is 13.1. The third kappa shape index (κ3) is 4.81. The van der Waals surface area contributed by atoms with E-state index < -0.39 is 18.1 Å². The molecule has 0 heterocycles. The first-order valence-electron chi connectivity index (χ1n) is 4.28. The Bertz CT molecular complexity index is 455. The van der Waals surface area contributed by atoms with Crippen molar-refractivity contribution in [3.8, 4) is 5.75 Å². The Morgan fingerprint density at radius 1 is 1.41 bits per heavy atom. The van der Waals surface area contributed by atoms with Gasteiger partial charge in [0.2, 0.25) is 0 Å². The molecule has 0 aliphatic heterocycles. The average Bonchev–Trinajstić information content (AvgIpc) is 2.17. The molecule has 7 heteroatoms. The van der Waals surface area contributed by atoms with Crippen LogP contribution in [0, 0.1) is 0 Å². The van der Waals surface area contributed by atoms with Crippen molar-refractivity contribution in [2.45, 2.75) is 11.3 Å². The van der Waals surface area contributed by atoms with Crippen molar-refractivity contribution in [3.63, 3.8) is 0 Å². The van der Waals surface area contributed by atoms with Gasteiger partial charge in [0.25, 0.3) is 0 Å². The molecule has 92 valence electrons. The normalized spacial score (nSPS) is 11.8. The molecule has 0 saturated heterocycles. The van der Waals surface area contributed by atoms with Gasteiger partial charge in [-0.15, -0.1) is 25.8 Å². The lowest BCUT2D eigenvalue weighted by Gasteiger charge is -2.10. The molecule has 17 heavy (non-hydrogen) atoms. The van der Waals surface area contributed by atoms with Gasteiger partial charge < -0.3 is 9.84 Å². The van der Waals surface area contributed by atoms with Gasteiger partial charge in [-0.05, 0) is 23.8 Å². The number of carboxylic acids is 1. The van der Waals surface area contributed by atoms with Crippen molar-refractivity contribution in [1.82, 2.24) is 0 Å². The summed E-state index contributed by atoms with van der Waals surface area (Å²) in [6, 6.07) is 3.63.